The van der Waals surface area contributed by atoms with Gasteiger partial charge in [-0.15, -0.1) is 0 Å². The van der Waals surface area contributed by atoms with Crippen LogP contribution < -0.4 is 25.4 Å². The van der Waals surface area contributed by atoms with E-state index < -0.39 is 0 Å². The first kappa shape index (κ1) is 21.9. The van der Waals surface area contributed by atoms with Crippen molar-refractivity contribution in [3.8, 4) is 11.5 Å². The predicted molar refractivity (Wildman–Crippen MR) is 112 cm³/mol. The van der Waals surface area contributed by atoms with Crippen LogP contribution in [0, 0.1) is 5.92 Å². The van der Waals surface area contributed by atoms with E-state index in [1.807, 2.05) is 31.2 Å². The molecule has 0 aromatic heterocycles. The van der Waals surface area contributed by atoms with Crippen LogP contribution in [-0.2, 0) is 4.79 Å². The molecular formula is C21H34N4O3. The molecule has 3 N–H and O–H groups in total. The van der Waals surface area contributed by atoms with Crippen molar-refractivity contribution < 1.29 is 14.3 Å². The number of rotatable bonds is 9. The molecule has 2 rings (SSSR count). The second-order valence-corrected chi connectivity index (χ2v) is 7.11. The molecule has 1 aromatic carbocycles. The Morgan fingerprint density at radius 1 is 1.14 bits per heavy atom. The molecule has 0 aliphatic heterocycles. The summed E-state index contributed by atoms with van der Waals surface area (Å²) in [5.41, 5.74) is 0. The fraction of sp³-hybridized carbons (Fsp3) is 0.619. The van der Waals surface area contributed by atoms with E-state index in [9.17, 15) is 4.79 Å². The quantitative estimate of drug-likeness (QED) is 0.342. The zero-order valence-electron chi connectivity index (χ0n) is 17.3. The number of ether oxygens (including phenoxy) is 2. The van der Waals surface area contributed by atoms with E-state index in [2.05, 4.69) is 20.9 Å². The van der Waals surface area contributed by atoms with Crippen molar-refractivity contribution in [3.63, 3.8) is 0 Å². The number of amides is 1. The summed E-state index contributed by atoms with van der Waals surface area (Å²) in [6.45, 7) is 3.81. The van der Waals surface area contributed by atoms with Crippen LogP contribution in [0.25, 0.3) is 0 Å². The van der Waals surface area contributed by atoms with E-state index in [0.29, 0.717) is 25.6 Å². The molecule has 0 heterocycles. The number of hydrogen-bond acceptors (Lipinski definition) is 4. The van der Waals surface area contributed by atoms with Gasteiger partial charge in [-0.3, -0.25) is 9.79 Å². The molecule has 1 aromatic rings. The van der Waals surface area contributed by atoms with Crippen molar-refractivity contribution in [2.75, 3.05) is 33.8 Å². The molecule has 1 amide bonds. The van der Waals surface area contributed by atoms with Gasteiger partial charge in [-0.25, -0.2) is 0 Å². The van der Waals surface area contributed by atoms with E-state index in [4.69, 9.17) is 9.47 Å². The summed E-state index contributed by atoms with van der Waals surface area (Å²) in [4.78, 5) is 16.3. The van der Waals surface area contributed by atoms with Crippen LogP contribution in [0.3, 0.4) is 0 Å². The van der Waals surface area contributed by atoms with Crippen molar-refractivity contribution in [1.29, 1.82) is 0 Å². The van der Waals surface area contributed by atoms with Crippen LogP contribution in [0.4, 0.5) is 0 Å². The average Bonchev–Trinajstić information content (AvgIpc) is 2.73. The zero-order chi connectivity index (χ0) is 20.2. The Morgan fingerprint density at radius 3 is 2.57 bits per heavy atom. The second kappa shape index (κ2) is 12.1. The molecule has 1 fully saturated rings. The lowest BCUT2D eigenvalue weighted by molar-refractivity contribution is -0.125. The van der Waals surface area contributed by atoms with Crippen molar-refractivity contribution in [3.05, 3.63) is 24.3 Å². The number of nitrogens with one attached hydrogen (secondary N) is 3. The molecule has 156 valence electrons. The monoisotopic (exact) mass is 390 g/mol. The fourth-order valence-corrected chi connectivity index (χ4v) is 3.29. The van der Waals surface area contributed by atoms with Gasteiger partial charge in [0.15, 0.2) is 5.96 Å². The Morgan fingerprint density at radius 2 is 1.86 bits per heavy atom. The van der Waals surface area contributed by atoms with Gasteiger partial charge >= 0.3 is 0 Å². The topological polar surface area (TPSA) is 84.0 Å². The Hall–Kier alpha value is -2.44. The number of hydrogen-bond donors (Lipinski definition) is 3. The van der Waals surface area contributed by atoms with Crippen LogP contribution in [0.15, 0.2) is 29.3 Å². The maximum absolute atomic E-state index is 12.1. The van der Waals surface area contributed by atoms with Crippen molar-refractivity contribution in [1.82, 2.24) is 16.0 Å². The van der Waals surface area contributed by atoms with Crippen molar-refractivity contribution >= 4 is 11.9 Å². The first-order valence-corrected chi connectivity index (χ1v) is 10.1. The van der Waals surface area contributed by atoms with E-state index in [-0.39, 0.29) is 17.9 Å². The Labute approximate surface area is 168 Å². The van der Waals surface area contributed by atoms with Gasteiger partial charge in [-0.2, -0.15) is 0 Å². The summed E-state index contributed by atoms with van der Waals surface area (Å²) in [6, 6.07) is 7.55. The van der Waals surface area contributed by atoms with Crippen LogP contribution in [-0.4, -0.2) is 51.8 Å². The van der Waals surface area contributed by atoms with Gasteiger partial charge in [0.05, 0.1) is 13.7 Å². The van der Waals surface area contributed by atoms with Gasteiger partial charge in [0.25, 0.3) is 0 Å². The van der Waals surface area contributed by atoms with Crippen LogP contribution in [0.2, 0.25) is 0 Å². The zero-order valence-corrected chi connectivity index (χ0v) is 17.3. The third-order valence-corrected chi connectivity index (χ3v) is 4.85. The number of guanidine groups is 1. The number of methoxy groups -OCH3 is 1. The second-order valence-electron chi connectivity index (χ2n) is 7.11. The smallest absolute Gasteiger partial charge is 0.223 e. The largest absolute Gasteiger partial charge is 0.497 e. The number of nitrogens with zero attached hydrogens (tertiary/aromatic N) is 1. The molecule has 1 aliphatic carbocycles. The Kier molecular flexibility index (Phi) is 9.45. The molecule has 1 saturated carbocycles. The first-order chi connectivity index (χ1) is 13.6. The number of carbonyl (C=O) groups is 1. The molecule has 7 heteroatoms. The van der Waals surface area contributed by atoms with Crippen LogP contribution >= 0.6 is 0 Å². The van der Waals surface area contributed by atoms with E-state index in [1.54, 1.807) is 14.2 Å². The summed E-state index contributed by atoms with van der Waals surface area (Å²) in [6.07, 6.45) is 5.59. The number of carbonyl (C=O) groups excluding carboxylic acids is 1. The van der Waals surface area contributed by atoms with E-state index in [0.717, 1.165) is 24.3 Å². The van der Waals surface area contributed by atoms with Gasteiger partial charge in [-0.05, 0) is 31.9 Å². The summed E-state index contributed by atoms with van der Waals surface area (Å²) >= 11 is 0. The molecule has 28 heavy (non-hydrogen) atoms. The summed E-state index contributed by atoms with van der Waals surface area (Å²) in [5, 5.41) is 9.47. The van der Waals surface area contributed by atoms with Gasteiger partial charge in [0, 0.05) is 32.1 Å². The van der Waals surface area contributed by atoms with Gasteiger partial charge in [0.2, 0.25) is 5.91 Å². The number of benzene rings is 1. The molecule has 0 radical (unpaired) electrons. The third kappa shape index (κ3) is 7.66. The highest BCUT2D eigenvalue weighted by Crippen LogP contribution is 2.23. The lowest BCUT2D eigenvalue weighted by atomic mass is 9.89. The van der Waals surface area contributed by atoms with Gasteiger partial charge in [0.1, 0.15) is 17.6 Å². The maximum Gasteiger partial charge on any atom is 0.223 e. The molecule has 1 atom stereocenters. The minimum Gasteiger partial charge on any atom is -0.497 e. The third-order valence-electron chi connectivity index (χ3n) is 4.85. The minimum atomic E-state index is -0.0448. The predicted octanol–water partition coefficient (Wildman–Crippen LogP) is 2.32. The highest BCUT2D eigenvalue weighted by Gasteiger charge is 2.20. The highest BCUT2D eigenvalue weighted by atomic mass is 16.5. The standard InChI is InChI=1S/C21H34N4O3/c1-16(28-19-11-7-10-18(14-19)27-3)15-25-21(22-2)24-13-12-23-20(26)17-8-5-4-6-9-17/h7,10-11,14,16-17H,4-6,8-9,12-13,15H2,1-3H3,(H,23,26)(H2,22,24,25). The first-order valence-electron chi connectivity index (χ1n) is 10.1. The molecule has 0 bridgehead atoms. The SMILES string of the molecule is CN=C(NCCNC(=O)C1CCCCC1)NCC(C)Oc1cccc(OC)c1. The van der Waals surface area contributed by atoms with Crippen molar-refractivity contribution in [2.24, 2.45) is 10.9 Å². The number of aliphatic imine (C=N–C) groups is 1. The summed E-state index contributed by atoms with van der Waals surface area (Å²) in [7, 11) is 3.36. The van der Waals surface area contributed by atoms with Crippen LogP contribution in [0.1, 0.15) is 39.0 Å². The Balaban J connectivity index is 1.63. The van der Waals surface area contributed by atoms with Gasteiger partial charge in [-0.1, -0.05) is 25.3 Å². The van der Waals surface area contributed by atoms with E-state index in [1.165, 1.54) is 19.3 Å². The Bertz CT molecular complexity index is 630. The van der Waals surface area contributed by atoms with Gasteiger partial charge < -0.3 is 25.4 Å². The fourth-order valence-electron chi connectivity index (χ4n) is 3.29. The molecular weight excluding hydrogens is 356 g/mol. The lowest BCUT2D eigenvalue weighted by Gasteiger charge is -2.21. The molecule has 0 spiro atoms. The van der Waals surface area contributed by atoms with Crippen molar-refractivity contribution in [2.45, 2.75) is 45.1 Å². The minimum absolute atomic E-state index is 0.0448. The summed E-state index contributed by atoms with van der Waals surface area (Å²) in [5.74, 6) is 2.60. The summed E-state index contributed by atoms with van der Waals surface area (Å²) < 4.78 is 11.1. The maximum atomic E-state index is 12.1. The van der Waals surface area contributed by atoms with Crippen LogP contribution in [0.5, 0.6) is 11.5 Å². The lowest BCUT2D eigenvalue weighted by Crippen LogP contribution is -2.45. The average molecular weight is 391 g/mol. The molecule has 1 unspecified atom stereocenters. The normalized spacial score (nSPS) is 16.2. The molecule has 0 saturated heterocycles. The molecule has 7 nitrogen and oxygen atoms in total. The van der Waals surface area contributed by atoms with E-state index >= 15 is 0 Å². The molecule has 1 aliphatic rings. The highest BCUT2D eigenvalue weighted by molar-refractivity contribution is 5.80.